The molecule has 0 radical (unpaired) electrons. The van der Waals surface area contributed by atoms with Gasteiger partial charge in [0, 0.05) is 19.3 Å². The van der Waals surface area contributed by atoms with E-state index < -0.39 is 20.9 Å². The van der Waals surface area contributed by atoms with Crippen LogP contribution in [0.4, 0.5) is 4.39 Å². The quantitative estimate of drug-likeness (QED) is 0.827. The van der Waals surface area contributed by atoms with Gasteiger partial charge in [0.15, 0.2) is 5.82 Å². The van der Waals surface area contributed by atoms with Crippen molar-refractivity contribution in [1.29, 1.82) is 0 Å². The van der Waals surface area contributed by atoms with Gasteiger partial charge in [-0.3, -0.25) is 0 Å². The smallest absolute Gasteiger partial charge is 0.241 e. The Kier molecular flexibility index (Phi) is 3.42. The third-order valence-corrected chi connectivity index (χ3v) is 4.96. The van der Waals surface area contributed by atoms with Gasteiger partial charge in [-0.15, -0.1) is 0 Å². The lowest BCUT2D eigenvalue weighted by Gasteiger charge is -2.36. The number of aromatic nitrogens is 1. The fourth-order valence-corrected chi connectivity index (χ4v) is 3.90. The van der Waals surface area contributed by atoms with Crippen molar-refractivity contribution in [3.05, 3.63) is 24.1 Å². The van der Waals surface area contributed by atoms with Crippen LogP contribution < -0.4 is 0 Å². The highest BCUT2D eigenvalue weighted by Crippen LogP contribution is 2.31. The molecule has 0 aromatic carbocycles. The average Bonchev–Trinajstić information content (AvgIpc) is 2.28. The summed E-state index contributed by atoms with van der Waals surface area (Å²) in [5, 5.41) is -0.470. The molecule has 0 atom stereocenters. The minimum absolute atomic E-state index is 0.0728. The lowest BCUT2D eigenvalue weighted by Crippen LogP contribution is -2.43. The second kappa shape index (κ2) is 4.59. The van der Waals surface area contributed by atoms with Gasteiger partial charge in [0.05, 0.1) is 0 Å². The van der Waals surface area contributed by atoms with Gasteiger partial charge in [-0.25, -0.2) is 17.8 Å². The minimum Gasteiger partial charge on any atom is -0.241 e. The van der Waals surface area contributed by atoms with Crippen LogP contribution >= 0.6 is 0 Å². The number of hydrogen-bond donors (Lipinski definition) is 0. The summed E-state index contributed by atoms with van der Waals surface area (Å²) < 4.78 is 39.5. The van der Waals surface area contributed by atoms with Crippen LogP contribution in [-0.2, 0) is 10.0 Å². The highest BCUT2D eigenvalue weighted by atomic mass is 32.2. The van der Waals surface area contributed by atoms with E-state index in [0.717, 1.165) is 18.9 Å². The van der Waals surface area contributed by atoms with Crippen molar-refractivity contribution in [2.24, 2.45) is 5.41 Å². The molecule has 18 heavy (non-hydrogen) atoms. The Hall–Kier alpha value is -1.01. The van der Waals surface area contributed by atoms with Crippen molar-refractivity contribution < 1.29 is 12.8 Å². The second-order valence-corrected chi connectivity index (χ2v) is 7.25. The summed E-state index contributed by atoms with van der Waals surface area (Å²) in [4.78, 5) is 3.67. The molecule has 1 aromatic heterocycles. The Balaban J connectivity index is 2.35. The van der Waals surface area contributed by atoms with Crippen LogP contribution in [0.15, 0.2) is 23.4 Å². The minimum atomic E-state index is -3.82. The van der Waals surface area contributed by atoms with E-state index in [4.69, 9.17) is 0 Å². The van der Waals surface area contributed by atoms with Crippen LogP contribution in [-0.4, -0.2) is 30.8 Å². The zero-order chi connectivity index (χ0) is 13.4. The van der Waals surface area contributed by atoms with Crippen LogP contribution in [0, 0.1) is 11.2 Å². The molecule has 0 aliphatic carbocycles. The summed E-state index contributed by atoms with van der Waals surface area (Å²) in [5.74, 6) is -0.791. The highest BCUT2D eigenvalue weighted by molar-refractivity contribution is 7.89. The number of pyridine rings is 1. The van der Waals surface area contributed by atoms with Crippen molar-refractivity contribution in [2.45, 2.75) is 31.7 Å². The fraction of sp³-hybridized carbons (Fsp3) is 0.583. The number of nitrogens with zero attached hydrogens (tertiary/aromatic N) is 2. The molecule has 1 aliphatic rings. The first-order chi connectivity index (χ1) is 8.33. The normalized spacial score (nSPS) is 20.8. The molecule has 2 rings (SSSR count). The van der Waals surface area contributed by atoms with Gasteiger partial charge in [-0.05, 0) is 30.4 Å². The third kappa shape index (κ3) is 2.54. The topological polar surface area (TPSA) is 50.3 Å². The van der Waals surface area contributed by atoms with Crippen LogP contribution in [0.3, 0.4) is 0 Å². The third-order valence-electron chi connectivity index (χ3n) is 3.17. The Morgan fingerprint density at radius 1 is 1.44 bits per heavy atom. The maximum Gasteiger partial charge on any atom is 0.263 e. The lowest BCUT2D eigenvalue weighted by atomic mass is 9.85. The average molecular weight is 272 g/mol. The standard InChI is InChI=1S/C12H17FN2O2S/c1-12(2)6-4-8-15(9-12)18(16,17)11-10(13)5-3-7-14-11/h3,5,7H,4,6,8-9H2,1-2H3. The van der Waals surface area contributed by atoms with E-state index in [1.807, 2.05) is 13.8 Å². The summed E-state index contributed by atoms with van der Waals surface area (Å²) in [6.45, 7) is 4.88. The van der Waals surface area contributed by atoms with Gasteiger partial charge in [-0.2, -0.15) is 4.31 Å². The molecule has 4 nitrogen and oxygen atoms in total. The van der Waals surface area contributed by atoms with Gasteiger partial charge in [0.1, 0.15) is 0 Å². The second-order valence-electron chi connectivity index (χ2n) is 5.40. The Labute approximate surface area is 107 Å². The number of piperidine rings is 1. The molecule has 0 N–H and O–H groups in total. The Morgan fingerprint density at radius 2 is 2.17 bits per heavy atom. The first-order valence-electron chi connectivity index (χ1n) is 5.94. The van der Waals surface area contributed by atoms with E-state index in [0.29, 0.717) is 13.1 Å². The first kappa shape index (κ1) is 13.4. The number of halogens is 1. The Bertz CT molecular complexity index is 543. The first-order valence-corrected chi connectivity index (χ1v) is 7.38. The SMILES string of the molecule is CC1(C)CCCN(S(=O)(=O)c2ncccc2F)C1. The molecule has 1 aromatic rings. The Morgan fingerprint density at radius 3 is 2.78 bits per heavy atom. The summed E-state index contributed by atoms with van der Waals surface area (Å²) in [7, 11) is -3.82. The van der Waals surface area contributed by atoms with E-state index in [1.54, 1.807) is 0 Å². The summed E-state index contributed by atoms with van der Waals surface area (Å²) in [5.41, 5.74) is -0.0728. The maximum absolute atomic E-state index is 13.6. The summed E-state index contributed by atoms with van der Waals surface area (Å²) >= 11 is 0. The monoisotopic (exact) mass is 272 g/mol. The van der Waals surface area contributed by atoms with E-state index in [-0.39, 0.29) is 5.41 Å². The molecule has 0 unspecified atom stereocenters. The predicted octanol–water partition coefficient (Wildman–Crippen LogP) is 2.03. The molecule has 0 amide bonds. The van der Waals surface area contributed by atoms with Gasteiger partial charge in [-0.1, -0.05) is 13.8 Å². The van der Waals surface area contributed by atoms with E-state index in [1.165, 1.54) is 16.6 Å². The molecular weight excluding hydrogens is 255 g/mol. The van der Waals surface area contributed by atoms with Crippen molar-refractivity contribution in [1.82, 2.24) is 9.29 Å². The van der Waals surface area contributed by atoms with Crippen molar-refractivity contribution >= 4 is 10.0 Å². The molecule has 2 heterocycles. The number of rotatable bonds is 2. The summed E-state index contributed by atoms with van der Waals surface area (Å²) in [6, 6.07) is 2.50. The molecule has 1 fully saturated rings. The zero-order valence-electron chi connectivity index (χ0n) is 10.6. The van der Waals surface area contributed by atoms with E-state index in [9.17, 15) is 12.8 Å². The lowest BCUT2D eigenvalue weighted by molar-refractivity contribution is 0.186. The van der Waals surface area contributed by atoms with Crippen LogP contribution in [0.25, 0.3) is 0 Å². The molecule has 0 bridgehead atoms. The predicted molar refractivity (Wildman–Crippen MR) is 66.0 cm³/mol. The van der Waals surface area contributed by atoms with Crippen LogP contribution in [0.5, 0.6) is 0 Å². The maximum atomic E-state index is 13.6. The molecule has 100 valence electrons. The van der Waals surface area contributed by atoms with Crippen molar-refractivity contribution in [2.75, 3.05) is 13.1 Å². The molecule has 0 saturated carbocycles. The van der Waals surface area contributed by atoms with Crippen molar-refractivity contribution in [3.63, 3.8) is 0 Å². The fourth-order valence-electron chi connectivity index (χ4n) is 2.26. The highest BCUT2D eigenvalue weighted by Gasteiger charge is 2.36. The largest absolute Gasteiger partial charge is 0.263 e. The molecule has 6 heteroatoms. The van der Waals surface area contributed by atoms with Gasteiger partial charge < -0.3 is 0 Å². The number of hydrogen-bond acceptors (Lipinski definition) is 3. The molecule has 1 aliphatic heterocycles. The number of sulfonamides is 1. The van der Waals surface area contributed by atoms with Gasteiger partial charge in [0.25, 0.3) is 10.0 Å². The molecule has 1 saturated heterocycles. The zero-order valence-corrected chi connectivity index (χ0v) is 11.4. The van der Waals surface area contributed by atoms with Gasteiger partial charge in [0.2, 0.25) is 5.03 Å². The van der Waals surface area contributed by atoms with Crippen LogP contribution in [0.1, 0.15) is 26.7 Å². The van der Waals surface area contributed by atoms with E-state index in [2.05, 4.69) is 4.98 Å². The van der Waals surface area contributed by atoms with Crippen molar-refractivity contribution in [3.8, 4) is 0 Å². The van der Waals surface area contributed by atoms with Crippen LogP contribution in [0.2, 0.25) is 0 Å². The summed E-state index contributed by atoms with van der Waals surface area (Å²) in [6.07, 6.45) is 3.06. The van der Waals surface area contributed by atoms with E-state index >= 15 is 0 Å². The van der Waals surface area contributed by atoms with Gasteiger partial charge >= 0.3 is 0 Å². The molecular formula is C12H17FN2O2S. The molecule has 0 spiro atoms.